The molecule has 0 bridgehead atoms. The van der Waals surface area contributed by atoms with Crippen LogP contribution in [0.1, 0.15) is 27.2 Å². The second kappa shape index (κ2) is 4.51. The first-order chi connectivity index (χ1) is 7.34. The van der Waals surface area contributed by atoms with Crippen molar-refractivity contribution in [1.82, 2.24) is 10.2 Å². The maximum Gasteiger partial charge on any atom is 0.327 e. The van der Waals surface area contributed by atoms with E-state index >= 15 is 0 Å². The fourth-order valence-electron chi connectivity index (χ4n) is 1.68. The molecule has 6 heteroatoms. The number of carboxylic acids is 1. The molecule has 3 amide bonds. The van der Waals surface area contributed by atoms with Crippen molar-refractivity contribution in [2.45, 2.75) is 39.3 Å². The molecule has 1 saturated heterocycles. The number of imide groups is 1. The summed E-state index contributed by atoms with van der Waals surface area (Å²) in [6.45, 7) is 5.23. The summed E-state index contributed by atoms with van der Waals surface area (Å²) < 4.78 is 0. The number of carbonyl (C=O) groups is 3. The summed E-state index contributed by atoms with van der Waals surface area (Å²) in [5.41, 5.74) is 0. The SMILES string of the molecule is CC(C)CC(C(=O)O)N1C(=O)NC(C)C1=O. The van der Waals surface area contributed by atoms with Crippen LogP contribution in [0.15, 0.2) is 0 Å². The van der Waals surface area contributed by atoms with Crippen molar-refractivity contribution in [3.05, 3.63) is 0 Å². The van der Waals surface area contributed by atoms with Gasteiger partial charge in [0.05, 0.1) is 0 Å². The first-order valence-corrected chi connectivity index (χ1v) is 5.21. The van der Waals surface area contributed by atoms with Crippen molar-refractivity contribution in [2.75, 3.05) is 0 Å². The average molecular weight is 228 g/mol. The van der Waals surface area contributed by atoms with Gasteiger partial charge < -0.3 is 10.4 Å². The molecule has 0 aromatic heterocycles. The first kappa shape index (κ1) is 12.5. The van der Waals surface area contributed by atoms with Crippen molar-refractivity contribution in [1.29, 1.82) is 0 Å². The molecule has 6 nitrogen and oxygen atoms in total. The first-order valence-electron chi connectivity index (χ1n) is 5.21. The molecule has 2 unspecified atom stereocenters. The van der Waals surface area contributed by atoms with Crippen LogP contribution in [0.5, 0.6) is 0 Å². The lowest BCUT2D eigenvalue weighted by molar-refractivity contribution is -0.147. The third kappa shape index (κ3) is 2.32. The number of carboxylic acid groups (broad SMARTS) is 1. The molecular weight excluding hydrogens is 212 g/mol. The number of nitrogens with one attached hydrogen (secondary N) is 1. The van der Waals surface area contributed by atoms with Crippen molar-refractivity contribution in [2.24, 2.45) is 5.92 Å². The van der Waals surface area contributed by atoms with Gasteiger partial charge in [-0.2, -0.15) is 0 Å². The van der Waals surface area contributed by atoms with Gasteiger partial charge in [0.1, 0.15) is 12.1 Å². The Balaban J connectivity index is 2.90. The van der Waals surface area contributed by atoms with E-state index in [1.807, 2.05) is 13.8 Å². The molecule has 1 fully saturated rings. The standard InChI is InChI=1S/C10H16N2O4/c1-5(2)4-7(9(14)15)12-8(13)6(3)11-10(12)16/h5-7H,4H2,1-3H3,(H,11,16)(H,14,15). The van der Waals surface area contributed by atoms with Gasteiger partial charge in [-0.1, -0.05) is 13.8 Å². The van der Waals surface area contributed by atoms with E-state index in [2.05, 4.69) is 5.32 Å². The van der Waals surface area contributed by atoms with E-state index in [-0.39, 0.29) is 12.3 Å². The highest BCUT2D eigenvalue weighted by Gasteiger charge is 2.42. The van der Waals surface area contributed by atoms with Gasteiger partial charge >= 0.3 is 12.0 Å². The van der Waals surface area contributed by atoms with Crippen LogP contribution in [0.2, 0.25) is 0 Å². The zero-order valence-electron chi connectivity index (χ0n) is 9.56. The van der Waals surface area contributed by atoms with E-state index in [0.29, 0.717) is 0 Å². The Morgan fingerprint density at radius 1 is 1.50 bits per heavy atom. The molecule has 16 heavy (non-hydrogen) atoms. The number of hydrogen-bond donors (Lipinski definition) is 2. The molecule has 0 aliphatic carbocycles. The van der Waals surface area contributed by atoms with E-state index in [9.17, 15) is 14.4 Å². The molecule has 0 aromatic rings. The van der Waals surface area contributed by atoms with Crippen LogP contribution < -0.4 is 5.32 Å². The van der Waals surface area contributed by atoms with Gasteiger partial charge in [0, 0.05) is 0 Å². The molecule has 2 atom stereocenters. The number of carbonyl (C=O) groups excluding carboxylic acids is 2. The lowest BCUT2D eigenvalue weighted by Crippen LogP contribution is -2.46. The molecule has 1 aliphatic rings. The monoisotopic (exact) mass is 228 g/mol. The van der Waals surface area contributed by atoms with Crippen LogP contribution in [0, 0.1) is 5.92 Å². The summed E-state index contributed by atoms with van der Waals surface area (Å²) in [7, 11) is 0. The summed E-state index contributed by atoms with van der Waals surface area (Å²) in [4.78, 5) is 34.9. The molecule has 1 heterocycles. The highest BCUT2D eigenvalue weighted by molar-refractivity contribution is 6.06. The van der Waals surface area contributed by atoms with E-state index < -0.39 is 30.0 Å². The topological polar surface area (TPSA) is 86.7 Å². The number of urea groups is 1. The predicted octanol–water partition coefficient (Wildman–Crippen LogP) is 0.426. The van der Waals surface area contributed by atoms with Crippen LogP contribution in [0.3, 0.4) is 0 Å². The molecule has 90 valence electrons. The Morgan fingerprint density at radius 2 is 2.06 bits per heavy atom. The second-order valence-electron chi connectivity index (χ2n) is 4.36. The summed E-state index contributed by atoms with van der Waals surface area (Å²) in [6.07, 6.45) is 0.265. The predicted molar refractivity (Wildman–Crippen MR) is 55.7 cm³/mol. The van der Waals surface area contributed by atoms with E-state index in [0.717, 1.165) is 4.90 Å². The zero-order valence-corrected chi connectivity index (χ0v) is 9.56. The van der Waals surface area contributed by atoms with E-state index in [4.69, 9.17) is 5.11 Å². The van der Waals surface area contributed by atoms with Crippen molar-refractivity contribution in [3.63, 3.8) is 0 Å². The molecule has 1 rings (SSSR count). The quantitative estimate of drug-likeness (QED) is 0.683. The van der Waals surface area contributed by atoms with Crippen LogP contribution >= 0.6 is 0 Å². The minimum atomic E-state index is -1.15. The lowest BCUT2D eigenvalue weighted by Gasteiger charge is -2.22. The van der Waals surface area contributed by atoms with E-state index in [1.165, 1.54) is 6.92 Å². The Morgan fingerprint density at radius 3 is 2.38 bits per heavy atom. The van der Waals surface area contributed by atoms with Gasteiger partial charge in [0.2, 0.25) is 0 Å². The smallest absolute Gasteiger partial charge is 0.327 e. The van der Waals surface area contributed by atoms with Crippen LogP contribution in [0.25, 0.3) is 0 Å². The highest BCUT2D eigenvalue weighted by atomic mass is 16.4. The fraction of sp³-hybridized carbons (Fsp3) is 0.700. The minimum absolute atomic E-state index is 0.0950. The van der Waals surface area contributed by atoms with Gasteiger partial charge in [-0.05, 0) is 19.3 Å². The van der Waals surface area contributed by atoms with Crippen molar-refractivity contribution < 1.29 is 19.5 Å². The summed E-state index contributed by atoms with van der Waals surface area (Å²) in [6, 6.07) is -2.33. The molecule has 0 radical (unpaired) electrons. The third-order valence-corrected chi connectivity index (χ3v) is 2.46. The molecule has 0 aromatic carbocycles. The third-order valence-electron chi connectivity index (χ3n) is 2.46. The van der Waals surface area contributed by atoms with Gasteiger partial charge in [0.25, 0.3) is 5.91 Å². The number of hydrogen-bond acceptors (Lipinski definition) is 3. The number of aliphatic carboxylic acids is 1. The number of nitrogens with zero attached hydrogens (tertiary/aromatic N) is 1. The van der Waals surface area contributed by atoms with E-state index in [1.54, 1.807) is 0 Å². The molecule has 0 spiro atoms. The number of rotatable bonds is 4. The zero-order chi connectivity index (χ0) is 12.5. The van der Waals surface area contributed by atoms with Crippen LogP contribution in [-0.2, 0) is 9.59 Å². The highest BCUT2D eigenvalue weighted by Crippen LogP contribution is 2.17. The Hall–Kier alpha value is -1.59. The maximum atomic E-state index is 11.6. The Labute approximate surface area is 93.6 Å². The maximum absolute atomic E-state index is 11.6. The summed E-state index contributed by atoms with van der Waals surface area (Å²) in [5.74, 6) is -1.53. The van der Waals surface area contributed by atoms with Crippen molar-refractivity contribution in [3.8, 4) is 0 Å². The van der Waals surface area contributed by atoms with Crippen LogP contribution in [-0.4, -0.2) is 40.0 Å². The fourth-order valence-corrected chi connectivity index (χ4v) is 1.68. The molecule has 1 aliphatic heterocycles. The minimum Gasteiger partial charge on any atom is -0.480 e. The lowest BCUT2D eigenvalue weighted by atomic mass is 10.0. The molecule has 0 saturated carbocycles. The van der Waals surface area contributed by atoms with Gasteiger partial charge in [-0.15, -0.1) is 0 Å². The summed E-state index contributed by atoms with van der Waals surface area (Å²) >= 11 is 0. The van der Waals surface area contributed by atoms with Gasteiger partial charge in [0.15, 0.2) is 0 Å². The Bertz CT molecular complexity index is 327. The van der Waals surface area contributed by atoms with Gasteiger partial charge in [-0.3, -0.25) is 4.79 Å². The van der Waals surface area contributed by atoms with Crippen molar-refractivity contribution >= 4 is 17.9 Å². The normalized spacial score (nSPS) is 22.5. The van der Waals surface area contributed by atoms with Gasteiger partial charge in [-0.25, -0.2) is 14.5 Å². The average Bonchev–Trinajstić information content (AvgIpc) is 2.38. The summed E-state index contributed by atoms with van der Waals surface area (Å²) in [5, 5.41) is 11.4. The Kier molecular flexibility index (Phi) is 3.51. The molecule has 2 N–H and O–H groups in total. The second-order valence-corrected chi connectivity index (χ2v) is 4.36. The van der Waals surface area contributed by atoms with Crippen LogP contribution in [0.4, 0.5) is 4.79 Å². The largest absolute Gasteiger partial charge is 0.480 e. The molecular formula is C10H16N2O4. The number of amides is 3.